The third kappa shape index (κ3) is 4.49. The van der Waals surface area contributed by atoms with Gasteiger partial charge in [-0.2, -0.15) is 0 Å². The third-order valence-electron chi connectivity index (χ3n) is 3.56. The van der Waals surface area contributed by atoms with E-state index in [0.29, 0.717) is 12.5 Å². The first kappa shape index (κ1) is 14.8. The van der Waals surface area contributed by atoms with E-state index >= 15 is 0 Å². The molecule has 1 aromatic rings. The van der Waals surface area contributed by atoms with Crippen LogP contribution < -0.4 is 5.32 Å². The minimum Gasteiger partial charge on any atom is -0.376 e. The Kier molecular flexibility index (Phi) is 5.36. The van der Waals surface area contributed by atoms with Gasteiger partial charge in [-0.05, 0) is 36.0 Å². The second-order valence-corrected chi connectivity index (χ2v) is 5.53. The summed E-state index contributed by atoms with van der Waals surface area (Å²) in [7, 11) is 0. The summed E-state index contributed by atoms with van der Waals surface area (Å²) in [5.41, 5.74) is 2.35. The Morgan fingerprint density at radius 2 is 2.15 bits per heavy atom. The van der Waals surface area contributed by atoms with Crippen molar-refractivity contribution in [1.82, 2.24) is 5.32 Å². The summed E-state index contributed by atoms with van der Waals surface area (Å²) in [5.74, 6) is 0.469. The summed E-state index contributed by atoms with van der Waals surface area (Å²) in [6.45, 7) is 5.76. The van der Waals surface area contributed by atoms with Crippen molar-refractivity contribution in [2.45, 2.75) is 38.7 Å². The molecule has 0 radical (unpaired) electrons. The molecule has 1 atom stereocenters. The van der Waals surface area contributed by atoms with Gasteiger partial charge < -0.3 is 10.1 Å². The van der Waals surface area contributed by atoms with Crippen molar-refractivity contribution in [2.24, 2.45) is 0 Å². The summed E-state index contributed by atoms with van der Waals surface area (Å²) in [4.78, 5) is 11.7. The van der Waals surface area contributed by atoms with Crippen LogP contribution in [0, 0.1) is 0 Å². The van der Waals surface area contributed by atoms with Gasteiger partial charge >= 0.3 is 0 Å². The SMILES string of the molecule is CC(C)c1ccc(C=CC(=O)NCC2CCCO2)cc1. The van der Waals surface area contributed by atoms with Crippen LogP contribution in [0.1, 0.15) is 43.7 Å². The minimum absolute atomic E-state index is 0.0616. The van der Waals surface area contributed by atoms with Crippen molar-refractivity contribution in [2.75, 3.05) is 13.2 Å². The first-order valence-corrected chi connectivity index (χ1v) is 7.32. The first-order valence-electron chi connectivity index (χ1n) is 7.32. The van der Waals surface area contributed by atoms with E-state index in [1.165, 1.54) is 5.56 Å². The van der Waals surface area contributed by atoms with Crippen LogP contribution in [-0.2, 0) is 9.53 Å². The van der Waals surface area contributed by atoms with Crippen molar-refractivity contribution < 1.29 is 9.53 Å². The quantitative estimate of drug-likeness (QED) is 0.837. The zero-order valence-electron chi connectivity index (χ0n) is 12.3. The predicted octanol–water partition coefficient (Wildman–Crippen LogP) is 3.12. The normalized spacial score (nSPS) is 18.9. The molecule has 0 aliphatic carbocycles. The first-order chi connectivity index (χ1) is 9.65. The highest BCUT2D eigenvalue weighted by Crippen LogP contribution is 2.15. The van der Waals surface area contributed by atoms with Gasteiger partial charge in [0.25, 0.3) is 0 Å². The third-order valence-corrected chi connectivity index (χ3v) is 3.56. The lowest BCUT2D eigenvalue weighted by atomic mass is 10.0. The summed E-state index contributed by atoms with van der Waals surface area (Å²) in [6, 6.07) is 8.29. The second-order valence-electron chi connectivity index (χ2n) is 5.53. The molecular formula is C17H23NO2. The number of amides is 1. The molecule has 1 saturated heterocycles. The van der Waals surface area contributed by atoms with Crippen molar-refractivity contribution >= 4 is 12.0 Å². The lowest BCUT2D eigenvalue weighted by molar-refractivity contribution is -0.116. The van der Waals surface area contributed by atoms with Crippen molar-refractivity contribution in [3.8, 4) is 0 Å². The molecule has 1 N–H and O–H groups in total. The molecule has 2 rings (SSSR count). The number of carbonyl (C=O) groups excluding carboxylic acids is 1. The lowest BCUT2D eigenvalue weighted by Crippen LogP contribution is -2.30. The monoisotopic (exact) mass is 273 g/mol. The summed E-state index contributed by atoms with van der Waals surface area (Å²) < 4.78 is 5.46. The van der Waals surface area contributed by atoms with Gasteiger partial charge in [-0.1, -0.05) is 38.1 Å². The average Bonchev–Trinajstić information content (AvgIpc) is 2.96. The number of ether oxygens (including phenoxy) is 1. The molecular weight excluding hydrogens is 250 g/mol. The number of hydrogen-bond donors (Lipinski definition) is 1. The highest BCUT2D eigenvalue weighted by atomic mass is 16.5. The molecule has 0 saturated carbocycles. The Balaban J connectivity index is 1.80. The molecule has 1 aliphatic rings. The predicted molar refractivity (Wildman–Crippen MR) is 81.5 cm³/mol. The van der Waals surface area contributed by atoms with Crippen LogP contribution in [0.4, 0.5) is 0 Å². The van der Waals surface area contributed by atoms with E-state index in [1.807, 2.05) is 18.2 Å². The molecule has 0 spiro atoms. The van der Waals surface area contributed by atoms with E-state index in [0.717, 1.165) is 25.0 Å². The van der Waals surface area contributed by atoms with Crippen LogP contribution >= 0.6 is 0 Å². The number of carbonyl (C=O) groups is 1. The highest BCUT2D eigenvalue weighted by Gasteiger charge is 2.15. The number of nitrogens with one attached hydrogen (secondary N) is 1. The smallest absolute Gasteiger partial charge is 0.244 e. The van der Waals surface area contributed by atoms with Gasteiger partial charge in [0, 0.05) is 19.2 Å². The largest absolute Gasteiger partial charge is 0.376 e. The molecule has 1 fully saturated rings. The molecule has 108 valence electrons. The molecule has 1 amide bonds. The van der Waals surface area contributed by atoms with Crippen LogP contribution in [0.2, 0.25) is 0 Å². The summed E-state index contributed by atoms with van der Waals surface area (Å²) in [5, 5.41) is 2.87. The van der Waals surface area contributed by atoms with E-state index < -0.39 is 0 Å². The van der Waals surface area contributed by atoms with Crippen LogP contribution in [-0.4, -0.2) is 25.2 Å². The molecule has 20 heavy (non-hydrogen) atoms. The zero-order valence-corrected chi connectivity index (χ0v) is 12.3. The van der Waals surface area contributed by atoms with E-state index in [1.54, 1.807) is 6.08 Å². The number of rotatable bonds is 5. The van der Waals surface area contributed by atoms with E-state index in [2.05, 4.69) is 31.3 Å². The lowest BCUT2D eigenvalue weighted by Gasteiger charge is -2.09. The van der Waals surface area contributed by atoms with E-state index in [4.69, 9.17) is 4.74 Å². The Labute approximate surface area is 121 Å². The van der Waals surface area contributed by atoms with Gasteiger partial charge in [-0.15, -0.1) is 0 Å². The summed E-state index contributed by atoms with van der Waals surface area (Å²) in [6.07, 6.45) is 5.76. The molecule has 1 aliphatic heterocycles. The van der Waals surface area contributed by atoms with Crippen LogP contribution in [0.5, 0.6) is 0 Å². The van der Waals surface area contributed by atoms with Gasteiger partial charge in [0.15, 0.2) is 0 Å². The van der Waals surface area contributed by atoms with Crippen molar-refractivity contribution in [3.05, 3.63) is 41.5 Å². The fraction of sp³-hybridized carbons (Fsp3) is 0.471. The molecule has 1 unspecified atom stereocenters. The van der Waals surface area contributed by atoms with Gasteiger partial charge in [0.2, 0.25) is 5.91 Å². The standard InChI is InChI=1S/C17H23NO2/c1-13(2)15-8-5-14(6-9-15)7-10-17(19)18-12-16-4-3-11-20-16/h5-10,13,16H,3-4,11-12H2,1-2H3,(H,18,19). The topological polar surface area (TPSA) is 38.3 Å². The Morgan fingerprint density at radius 1 is 1.40 bits per heavy atom. The van der Waals surface area contributed by atoms with Gasteiger partial charge in [0.1, 0.15) is 0 Å². The molecule has 3 heteroatoms. The minimum atomic E-state index is -0.0616. The number of hydrogen-bond acceptors (Lipinski definition) is 2. The zero-order chi connectivity index (χ0) is 14.4. The number of benzene rings is 1. The van der Waals surface area contributed by atoms with Gasteiger partial charge in [-0.25, -0.2) is 0 Å². The van der Waals surface area contributed by atoms with Crippen LogP contribution in [0.25, 0.3) is 6.08 Å². The fourth-order valence-electron chi connectivity index (χ4n) is 2.24. The second kappa shape index (κ2) is 7.25. The van der Waals surface area contributed by atoms with Crippen LogP contribution in [0.3, 0.4) is 0 Å². The molecule has 1 heterocycles. The maximum atomic E-state index is 11.7. The molecule has 3 nitrogen and oxygen atoms in total. The van der Waals surface area contributed by atoms with Gasteiger partial charge in [0.05, 0.1) is 6.10 Å². The van der Waals surface area contributed by atoms with Crippen molar-refractivity contribution in [3.63, 3.8) is 0 Å². The van der Waals surface area contributed by atoms with E-state index in [9.17, 15) is 4.79 Å². The Morgan fingerprint density at radius 3 is 2.75 bits per heavy atom. The maximum Gasteiger partial charge on any atom is 0.244 e. The molecule has 0 aromatic heterocycles. The average molecular weight is 273 g/mol. The molecule has 0 bridgehead atoms. The van der Waals surface area contributed by atoms with Crippen LogP contribution in [0.15, 0.2) is 30.3 Å². The highest BCUT2D eigenvalue weighted by molar-refractivity contribution is 5.91. The fourth-order valence-corrected chi connectivity index (χ4v) is 2.24. The van der Waals surface area contributed by atoms with Gasteiger partial charge in [-0.3, -0.25) is 4.79 Å². The maximum absolute atomic E-state index is 11.7. The Hall–Kier alpha value is -1.61. The Bertz CT molecular complexity index is 456. The summed E-state index contributed by atoms with van der Waals surface area (Å²) >= 11 is 0. The molecule has 1 aromatic carbocycles. The van der Waals surface area contributed by atoms with E-state index in [-0.39, 0.29) is 12.0 Å². The van der Waals surface area contributed by atoms with Crippen molar-refractivity contribution in [1.29, 1.82) is 0 Å².